The van der Waals surface area contributed by atoms with Crippen molar-refractivity contribution in [1.82, 2.24) is 19.7 Å². The molecule has 144 valence electrons. The van der Waals surface area contributed by atoms with Crippen molar-refractivity contribution >= 4 is 50.9 Å². The minimum absolute atomic E-state index is 0.0437. The maximum Gasteiger partial charge on any atom is 0.206 e. The Morgan fingerprint density at radius 3 is 2.82 bits per heavy atom. The summed E-state index contributed by atoms with van der Waals surface area (Å²) in [4.78, 5) is 4.68. The quantitative estimate of drug-likeness (QED) is 0.402. The summed E-state index contributed by atoms with van der Waals surface area (Å²) in [5, 5.41) is 22.6. The topological polar surface area (TPSA) is 75.9 Å². The third-order valence-corrected chi connectivity index (χ3v) is 6.38. The van der Waals surface area contributed by atoms with Gasteiger partial charge in [0.2, 0.25) is 5.13 Å². The van der Waals surface area contributed by atoms with Gasteiger partial charge in [-0.2, -0.15) is 0 Å². The average molecular weight is 432 g/mol. The molecule has 2 aromatic carbocycles. The first-order chi connectivity index (χ1) is 13.7. The van der Waals surface area contributed by atoms with Gasteiger partial charge in [0.05, 0.1) is 23.4 Å². The molecule has 0 radical (unpaired) electrons. The molecule has 0 unspecified atom stereocenters. The standard InChI is InChI=1S/C19H18ClN5OS2/c20-14-6-7-15-16(10-14)25(8-9-26)17(22-15)12-27-19-24-23-18(28-19)21-11-13-4-2-1-3-5-13/h1-7,10,26H,8-9,11-12H2,(H,21,23). The van der Waals surface area contributed by atoms with Crippen molar-refractivity contribution < 1.29 is 5.11 Å². The normalized spacial score (nSPS) is 11.2. The van der Waals surface area contributed by atoms with E-state index in [4.69, 9.17) is 11.6 Å². The van der Waals surface area contributed by atoms with Crippen LogP contribution in [0.1, 0.15) is 11.4 Å². The smallest absolute Gasteiger partial charge is 0.206 e. The van der Waals surface area contributed by atoms with Crippen LogP contribution in [0, 0.1) is 0 Å². The second kappa shape index (κ2) is 8.91. The Morgan fingerprint density at radius 2 is 2.00 bits per heavy atom. The fraction of sp³-hybridized carbons (Fsp3) is 0.211. The zero-order chi connectivity index (χ0) is 19.3. The Labute approximate surface area is 175 Å². The van der Waals surface area contributed by atoms with E-state index in [-0.39, 0.29) is 6.61 Å². The van der Waals surface area contributed by atoms with Gasteiger partial charge in [-0.3, -0.25) is 0 Å². The number of benzene rings is 2. The van der Waals surface area contributed by atoms with Crippen LogP contribution in [-0.4, -0.2) is 31.5 Å². The van der Waals surface area contributed by atoms with Crippen LogP contribution >= 0.6 is 34.7 Å². The van der Waals surface area contributed by atoms with Crippen molar-refractivity contribution in [3.8, 4) is 0 Å². The van der Waals surface area contributed by atoms with Gasteiger partial charge in [-0.1, -0.05) is 65.0 Å². The van der Waals surface area contributed by atoms with E-state index in [0.717, 1.165) is 26.3 Å². The number of nitrogens with zero attached hydrogens (tertiary/aromatic N) is 4. The van der Waals surface area contributed by atoms with Crippen LogP contribution in [0.15, 0.2) is 52.9 Å². The molecule has 2 heterocycles. The molecule has 28 heavy (non-hydrogen) atoms. The van der Waals surface area contributed by atoms with Crippen LogP contribution in [0.4, 0.5) is 5.13 Å². The molecule has 6 nitrogen and oxygen atoms in total. The Morgan fingerprint density at radius 1 is 1.14 bits per heavy atom. The minimum atomic E-state index is 0.0437. The molecule has 0 aliphatic rings. The molecule has 0 saturated carbocycles. The number of aliphatic hydroxyl groups is 1. The van der Waals surface area contributed by atoms with Crippen molar-refractivity contribution in [2.45, 2.75) is 23.2 Å². The SMILES string of the molecule is OCCn1c(CSc2nnc(NCc3ccccc3)s2)nc2ccc(Cl)cc21. The van der Waals surface area contributed by atoms with Crippen LogP contribution in [0.3, 0.4) is 0 Å². The van der Waals surface area contributed by atoms with Gasteiger partial charge < -0.3 is 15.0 Å². The van der Waals surface area contributed by atoms with Crippen molar-refractivity contribution in [3.63, 3.8) is 0 Å². The molecule has 4 rings (SSSR count). The van der Waals surface area contributed by atoms with E-state index < -0.39 is 0 Å². The van der Waals surface area contributed by atoms with Gasteiger partial charge in [0.1, 0.15) is 5.82 Å². The third kappa shape index (κ3) is 4.47. The second-order valence-corrected chi connectivity index (χ2v) is 8.67. The maximum atomic E-state index is 9.42. The third-order valence-electron chi connectivity index (χ3n) is 4.13. The Hall–Kier alpha value is -2.13. The van der Waals surface area contributed by atoms with Crippen LogP contribution in [0.2, 0.25) is 5.02 Å². The minimum Gasteiger partial charge on any atom is -0.395 e. The van der Waals surface area contributed by atoms with Gasteiger partial charge in [0.25, 0.3) is 0 Å². The highest BCUT2D eigenvalue weighted by Gasteiger charge is 2.13. The van der Waals surface area contributed by atoms with Gasteiger partial charge in [-0.05, 0) is 23.8 Å². The van der Waals surface area contributed by atoms with Gasteiger partial charge >= 0.3 is 0 Å². The molecule has 0 amide bonds. The highest BCUT2D eigenvalue weighted by molar-refractivity contribution is 8.00. The molecule has 0 aliphatic heterocycles. The zero-order valence-electron chi connectivity index (χ0n) is 14.9. The van der Waals surface area contributed by atoms with Crippen molar-refractivity contribution in [1.29, 1.82) is 0 Å². The highest BCUT2D eigenvalue weighted by atomic mass is 35.5. The number of hydrogen-bond acceptors (Lipinski definition) is 7. The van der Waals surface area contributed by atoms with E-state index in [2.05, 4.69) is 32.6 Å². The van der Waals surface area contributed by atoms with E-state index in [1.807, 2.05) is 41.0 Å². The number of thioether (sulfide) groups is 1. The lowest BCUT2D eigenvalue weighted by Crippen LogP contribution is -2.06. The van der Waals surface area contributed by atoms with Crippen LogP contribution < -0.4 is 5.32 Å². The number of hydrogen-bond donors (Lipinski definition) is 2. The predicted octanol–water partition coefficient (Wildman–Crippen LogP) is 4.44. The lowest BCUT2D eigenvalue weighted by atomic mass is 10.2. The maximum absolute atomic E-state index is 9.42. The van der Waals surface area contributed by atoms with Crippen LogP contribution in [0.5, 0.6) is 0 Å². The summed E-state index contributed by atoms with van der Waals surface area (Å²) < 4.78 is 2.88. The summed E-state index contributed by atoms with van der Waals surface area (Å²) in [6.07, 6.45) is 0. The molecule has 0 spiro atoms. The largest absolute Gasteiger partial charge is 0.395 e. The summed E-state index contributed by atoms with van der Waals surface area (Å²) in [7, 11) is 0. The first-order valence-corrected chi connectivity index (χ1v) is 10.9. The Balaban J connectivity index is 1.43. The first-order valence-electron chi connectivity index (χ1n) is 8.72. The highest BCUT2D eigenvalue weighted by Crippen LogP contribution is 2.30. The molecule has 0 aliphatic carbocycles. The average Bonchev–Trinajstić information content (AvgIpc) is 3.30. The molecule has 9 heteroatoms. The van der Waals surface area contributed by atoms with E-state index in [1.165, 1.54) is 16.9 Å². The fourth-order valence-corrected chi connectivity index (χ4v) is 4.71. The number of anilines is 1. The summed E-state index contributed by atoms with van der Waals surface area (Å²) >= 11 is 9.22. The number of halogens is 1. The van der Waals surface area contributed by atoms with Crippen molar-refractivity contribution in [2.75, 3.05) is 11.9 Å². The Bertz CT molecular complexity index is 1070. The lowest BCUT2D eigenvalue weighted by molar-refractivity contribution is 0.276. The Kier molecular flexibility index (Phi) is 6.11. The molecule has 0 bridgehead atoms. The molecular weight excluding hydrogens is 414 g/mol. The molecule has 2 aromatic heterocycles. The number of nitrogens with one attached hydrogen (secondary N) is 1. The van der Waals surface area contributed by atoms with Crippen molar-refractivity contribution in [3.05, 3.63) is 64.9 Å². The number of aliphatic hydroxyl groups excluding tert-OH is 1. The zero-order valence-corrected chi connectivity index (χ0v) is 17.3. The predicted molar refractivity (Wildman–Crippen MR) is 115 cm³/mol. The summed E-state index contributed by atoms with van der Waals surface area (Å²) in [5.41, 5.74) is 3.00. The summed E-state index contributed by atoms with van der Waals surface area (Å²) in [5.74, 6) is 1.52. The lowest BCUT2D eigenvalue weighted by Gasteiger charge is -2.06. The van der Waals surface area contributed by atoms with Crippen LogP contribution in [-0.2, 0) is 18.8 Å². The fourth-order valence-electron chi connectivity index (χ4n) is 2.84. The van der Waals surface area contributed by atoms with E-state index in [0.29, 0.717) is 23.9 Å². The molecule has 0 atom stereocenters. The second-order valence-electron chi connectivity index (χ2n) is 6.04. The monoisotopic (exact) mass is 431 g/mol. The van der Waals surface area contributed by atoms with Gasteiger partial charge in [-0.25, -0.2) is 4.98 Å². The molecule has 4 aromatic rings. The molecular formula is C19H18ClN5OS2. The summed E-state index contributed by atoms with van der Waals surface area (Å²) in [6, 6.07) is 15.8. The van der Waals surface area contributed by atoms with Gasteiger partial charge in [0, 0.05) is 18.1 Å². The number of fused-ring (bicyclic) bond motifs is 1. The molecule has 0 fully saturated rings. The molecule has 2 N–H and O–H groups in total. The van der Waals surface area contributed by atoms with Gasteiger partial charge in [0.15, 0.2) is 4.34 Å². The molecule has 0 saturated heterocycles. The van der Waals surface area contributed by atoms with Crippen molar-refractivity contribution in [2.24, 2.45) is 0 Å². The number of aromatic nitrogens is 4. The van der Waals surface area contributed by atoms with Gasteiger partial charge in [-0.15, -0.1) is 10.2 Å². The van der Waals surface area contributed by atoms with E-state index >= 15 is 0 Å². The first kappa shape index (κ1) is 19.2. The van der Waals surface area contributed by atoms with Crippen LogP contribution in [0.25, 0.3) is 11.0 Å². The summed E-state index contributed by atoms with van der Waals surface area (Å²) in [6.45, 7) is 1.24. The number of imidazole rings is 1. The van der Waals surface area contributed by atoms with E-state index in [1.54, 1.807) is 11.8 Å². The number of rotatable bonds is 8. The van der Waals surface area contributed by atoms with E-state index in [9.17, 15) is 5.11 Å².